The molecule has 25 heavy (non-hydrogen) atoms. The molecular formula is C19H21F2N3O. The summed E-state index contributed by atoms with van der Waals surface area (Å²) in [4.78, 5) is 18.6. The molecular weight excluding hydrogens is 324 g/mol. The topological polar surface area (TPSA) is 45.2 Å². The molecule has 1 amide bonds. The van der Waals surface area contributed by atoms with E-state index in [1.807, 2.05) is 18.3 Å². The van der Waals surface area contributed by atoms with Crippen molar-refractivity contribution in [2.45, 2.75) is 31.8 Å². The van der Waals surface area contributed by atoms with E-state index in [4.69, 9.17) is 0 Å². The van der Waals surface area contributed by atoms with Crippen molar-refractivity contribution < 1.29 is 13.6 Å². The lowest BCUT2D eigenvalue weighted by Crippen LogP contribution is -2.47. The van der Waals surface area contributed by atoms with Gasteiger partial charge in [0.1, 0.15) is 11.6 Å². The number of hydrogen-bond acceptors (Lipinski definition) is 3. The lowest BCUT2D eigenvalue weighted by molar-refractivity contribution is -0.121. The first kappa shape index (κ1) is 17.5. The van der Waals surface area contributed by atoms with Gasteiger partial charge in [0.25, 0.3) is 0 Å². The summed E-state index contributed by atoms with van der Waals surface area (Å²) in [6.07, 6.45) is 5.42. The quantitative estimate of drug-likeness (QED) is 0.906. The van der Waals surface area contributed by atoms with Crippen LogP contribution in [0.4, 0.5) is 8.78 Å². The fourth-order valence-electron chi connectivity index (χ4n) is 3.18. The fraction of sp³-hybridized carbons (Fsp3) is 0.368. The largest absolute Gasteiger partial charge is 0.352 e. The van der Waals surface area contributed by atoms with Crippen LogP contribution in [0, 0.1) is 11.6 Å². The number of nitrogens with zero attached hydrogens (tertiary/aromatic N) is 2. The van der Waals surface area contributed by atoms with E-state index in [0.29, 0.717) is 0 Å². The highest BCUT2D eigenvalue weighted by Gasteiger charge is 2.22. The second kappa shape index (κ2) is 8.16. The molecule has 1 N–H and O–H groups in total. The first-order chi connectivity index (χ1) is 12.1. The van der Waals surface area contributed by atoms with Gasteiger partial charge in [-0.15, -0.1) is 0 Å². The average molecular weight is 345 g/mol. The number of aromatic nitrogens is 1. The van der Waals surface area contributed by atoms with Gasteiger partial charge in [-0.3, -0.25) is 14.7 Å². The number of carbonyl (C=O) groups excluding carboxylic acids is 1. The molecule has 3 rings (SSSR count). The third-order valence-corrected chi connectivity index (χ3v) is 4.37. The Bertz CT molecular complexity index is 724. The Balaban J connectivity index is 1.52. The highest BCUT2D eigenvalue weighted by molar-refractivity contribution is 5.78. The number of rotatable bonds is 5. The molecule has 4 nitrogen and oxygen atoms in total. The molecule has 1 atom stereocenters. The molecule has 0 radical (unpaired) electrons. The van der Waals surface area contributed by atoms with Crippen molar-refractivity contribution in [3.63, 3.8) is 0 Å². The molecule has 0 unspecified atom stereocenters. The lowest BCUT2D eigenvalue weighted by atomic mass is 10.0. The molecule has 6 heteroatoms. The Kier molecular flexibility index (Phi) is 5.71. The Hall–Kier alpha value is -2.34. The van der Waals surface area contributed by atoms with E-state index in [-0.39, 0.29) is 23.9 Å². The number of amides is 1. The van der Waals surface area contributed by atoms with Gasteiger partial charge >= 0.3 is 0 Å². The van der Waals surface area contributed by atoms with Crippen molar-refractivity contribution in [3.05, 3.63) is 65.5 Å². The molecule has 1 saturated heterocycles. The number of piperidine rings is 1. The summed E-state index contributed by atoms with van der Waals surface area (Å²) in [5.41, 5.74) is 1.35. The van der Waals surface area contributed by atoms with Crippen molar-refractivity contribution in [1.29, 1.82) is 0 Å². The molecule has 132 valence electrons. The molecule has 1 aromatic carbocycles. The number of hydrogen-bond donors (Lipinski definition) is 1. The fourth-order valence-corrected chi connectivity index (χ4v) is 3.18. The summed E-state index contributed by atoms with van der Waals surface area (Å²) in [5, 5.41) is 2.97. The molecule has 0 spiro atoms. The van der Waals surface area contributed by atoms with Crippen LogP contribution in [0.2, 0.25) is 0 Å². The zero-order valence-corrected chi connectivity index (χ0v) is 13.9. The van der Waals surface area contributed by atoms with Gasteiger partial charge in [-0.1, -0.05) is 12.1 Å². The Morgan fingerprint density at radius 3 is 2.96 bits per heavy atom. The Labute approximate surface area is 145 Å². The lowest BCUT2D eigenvalue weighted by Gasteiger charge is -2.33. The van der Waals surface area contributed by atoms with Gasteiger partial charge in [0.05, 0.1) is 6.42 Å². The molecule has 1 aromatic heterocycles. The molecule has 2 aromatic rings. The van der Waals surface area contributed by atoms with Crippen LogP contribution in [-0.4, -0.2) is 34.9 Å². The smallest absolute Gasteiger partial charge is 0.224 e. The maximum Gasteiger partial charge on any atom is 0.224 e. The number of halogens is 2. The van der Waals surface area contributed by atoms with E-state index >= 15 is 0 Å². The molecule has 2 heterocycles. The monoisotopic (exact) mass is 345 g/mol. The minimum Gasteiger partial charge on any atom is -0.352 e. The van der Waals surface area contributed by atoms with Crippen LogP contribution in [0.25, 0.3) is 0 Å². The van der Waals surface area contributed by atoms with E-state index in [2.05, 4.69) is 15.2 Å². The van der Waals surface area contributed by atoms with Crippen molar-refractivity contribution >= 4 is 5.91 Å². The maximum atomic E-state index is 13.7. The summed E-state index contributed by atoms with van der Waals surface area (Å²) in [7, 11) is 0. The summed E-state index contributed by atoms with van der Waals surface area (Å²) in [5.74, 6) is -1.56. The predicted molar refractivity (Wildman–Crippen MR) is 90.7 cm³/mol. The Morgan fingerprint density at radius 1 is 1.32 bits per heavy atom. The van der Waals surface area contributed by atoms with Crippen LogP contribution in [-0.2, 0) is 17.8 Å². The zero-order chi connectivity index (χ0) is 17.6. The van der Waals surface area contributed by atoms with E-state index in [0.717, 1.165) is 44.1 Å². The normalized spacial score (nSPS) is 18.1. The highest BCUT2D eigenvalue weighted by atomic mass is 19.1. The molecule has 0 saturated carbocycles. The number of likely N-dealkylation sites (tertiary alicyclic amines) is 1. The second-order valence-electron chi connectivity index (χ2n) is 6.42. The molecule has 1 aliphatic rings. The zero-order valence-electron chi connectivity index (χ0n) is 13.9. The van der Waals surface area contributed by atoms with Gasteiger partial charge in [-0.2, -0.15) is 0 Å². The maximum absolute atomic E-state index is 13.7. The summed E-state index contributed by atoms with van der Waals surface area (Å²) >= 11 is 0. The molecule has 0 bridgehead atoms. The van der Waals surface area contributed by atoms with Crippen LogP contribution < -0.4 is 5.32 Å². The van der Waals surface area contributed by atoms with Crippen LogP contribution in [0.15, 0.2) is 42.7 Å². The standard InChI is InChI=1S/C19H21F2N3O/c20-16-6-5-15(18(21)10-16)9-19(25)23-17-4-2-8-24(13-17)12-14-3-1-7-22-11-14/h1,3,5-7,10-11,17H,2,4,8-9,12-13H2,(H,23,25)/t17-/m1/s1. The van der Waals surface area contributed by atoms with Gasteiger partial charge in [0, 0.05) is 37.6 Å². The summed E-state index contributed by atoms with van der Waals surface area (Å²) in [6.45, 7) is 2.53. The number of nitrogens with one attached hydrogen (secondary N) is 1. The third kappa shape index (κ3) is 5.06. The Morgan fingerprint density at radius 2 is 2.20 bits per heavy atom. The number of benzene rings is 1. The SMILES string of the molecule is O=C(Cc1ccc(F)cc1F)N[C@@H]1CCCN(Cc2cccnc2)C1. The van der Waals surface area contributed by atoms with Gasteiger partial charge in [0.15, 0.2) is 0 Å². The first-order valence-corrected chi connectivity index (χ1v) is 8.45. The molecule has 0 aliphatic carbocycles. The van der Waals surface area contributed by atoms with Gasteiger partial charge in [-0.05, 0) is 42.6 Å². The van der Waals surface area contributed by atoms with E-state index in [1.165, 1.54) is 12.1 Å². The predicted octanol–water partition coefficient (Wildman–Crippen LogP) is 2.68. The minimum absolute atomic E-state index is 0.0430. The molecule has 1 fully saturated rings. The van der Waals surface area contributed by atoms with Crippen LogP contribution in [0.1, 0.15) is 24.0 Å². The van der Waals surface area contributed by atoms with E-state index in [9.17, 15) is 13.6 Å². The number of carbonyl (C=O) groups is 1. The van der Waals surface area contributed by atoms with Crippen LogP contribution in [0.5, 0.6) is 0 Å². The van der Waals surface area contributed by atoms with Crippen molar-refractivity contribution in [2.24, 2.45) is 0 Å². The van der Waals surface area contributed by atoms with E-state index < -0.39 is 11.6 Å². The van der Waals surface area contributed by atoms with Crippen molar-refractivity contribution in [1.82, 2.24) is 15.2 Å². The summed E-state index contributed by atoms with van der Waals surface area (Å²) in [6, 6.07) is 7.28. The average Bonchev–Trinajstić information content (AvgIpc) is 2.59. The van der Waals surface area contributed by atoms with E-state index in [1.54, 1.807) is 6.20 Å². The third-order valence-electron chi connectivity index (χ3n) is 4.37. The van der Waals surface area contributed by atoms with Crippen molar-refractivity contribution in [3.8, 4) is 0 Å². The second-order valence-corrected chi connectivity index (χ2v) is 6.42. The minimum atomic E-state index is -0.683. The van der Waals surface area contributed by atoms with Crippen LogP contribution >= 0.6 is 0 Å². The van der Waals surface area contributed by atoms with Crippen molar-refractivity contribution in [2.75, 3.05) is 13.1 Å². The first-order valence-electron chi connectivity index (χ1n) is 8.45. The van der Waals surface area contributed by atoms with Gasteiger partial charge in [0.2, 0.25) is 5.91 Å². The highest BCUT2D eigenvalue weighted by Crippen LogP contribution is 2.14. The van der Waals surface area contributed by atoms with Gasteiger partial charge < -0.3 is 5.32 Å². The molecule has 1 aliphatic heterocycles. The summed E-state index contributed by atoms with van der Waals surface area (Å²) < 4.78 is 26.6. The number of pyridine rings is 1. The van der Waals surface area contributed by atoms with Crippen LogP contribution in [0.3, 0.4) is 0 Å². The van der Waals surface area contributed by atoms with Gasteiger partial charge in [-0.25, -0.2) is 8.78 Å².